The lowest BCUT2D eigenvalue weighted by atomic mass is 9.90. The minimum atomic E-state index is -3.45. The van der Waals surface area contributed by atoms with Crippen LogP contribution in [0.1, 0.15) is 35.7 Å². The van der Waals surface area contributed by atoms with Crippen molar-refractivity contribution in [3.63, 3.8) is 0 Å². The summed E-state index contributed by atoms with van der Waals surface area (Å²) < 4.78 is 25.2. The molecule has 0 aliphatic carbocycles. The van der Waals surface area contributed by atoms with Crippen molar-refractivity contribution in [1.29, 1.82) is 0 Å². The van der Waals surface area contributed by atoms with Crippen molar-refractivity contribution in [2.24, 2.45) is 11.7 Å². The van der Waals surface area contributed by atoms with Crippen LogP contribution in [-0.2, 0) is 15.6 Å². The van der Waals surface area contributed by atoms with Gasteiger partial charge in [0, 0.05) is 24.7 Å². The van der Waals surface area contributed by atoms with Gasteiger partial charge in [0.2, 0.25) is 0 Å². The number of likely N-dealkylation sites (tertiary alicyclic amines) is 1. The Morgan fingerprint density at radius 3 is 2.59 bits per heavy atom. The number of rotatable bonds is 5. The van der Waals surface area contributed by atoms with Gasteiger partial charge in [0.25, 0.3) is 5.91 Å². The molecule has 0 aromatic heterocycles. The normalized spacial score (nSPS) is 20.4. The molecule has 1 heterocycles. The molecule has 2 unspecified atom stereocenters. The zero-order valence-corrected chi connectivity index (χ0v) is 16.4. The summed E-state index contributed by atoms with van der Waals surface area (Å²) in [4.78, 5) is 15.2. The van der Waals surface area contributed by atoms with E-state index in [1.54, 1.807) is 54.6 Å². The van der Waals surface area contributed by atoms with E-state index in [9.17, 15) is 13.2 Å². The third kappa shape index (κ3) is 4.39. The molecule has 2 aromatic carbocycles. The topological polar surface area (TPSA) is 80.5 Å². The number of nitrogens with two attached hydrogens (primary N) is 1. The van der Waals surface area contributed by atoms with Gasteiger partial charge in [-0.3, -0.25) is 4.79 Å². The zero-order chi connectivity index (χ0) is 19.4. The first-order valence-corrected chi connectivity index (χ1v) is 11.0. The molecule has 2 N–H and O–H groups in total. The molecule has 1 aliphatic rings. The first kappa shape index (κ1) is 19.6. The van der Waals surface area contributed by atoms with Crippen LogP contribution in [0.25, 0.3) is 0 Å². The highest BCUT2D eigenvalue weighted by atomic mass is 32.2. The van der Waals surface area contributed by atoms with Gasteiger partial charge >= 0.3 is 0 Å². The van der Waals surface area contributed by atoms with E-state index in [-0.39, 0.29) is 22.6 Å². The maximum Gasteiger partial charge on any atom is 0.254 e. The average Bonchev–Trinajstić information content (AvgIpc) is 2.68. The van der Waals surface area contributed by atoms with Crippen LogP contribution in [0.2, 0.25) is 0 Å². The summed E-state index contributed by atoms with van der Waals surface area (Å²) in [6, 6.07) is 15.3. The molecule has 1 saturated heterocycles. The number of benzene rings is 2. The van der Waals surface area contributed by atoms with E-state index in [2.05, 4.69) is 6.92 Å². The molecule has 3 rings (SSSR count). The van der Waals surface area contributed by atoms with Crippen LogP contribution in [0.15, 0.2) is 59.5 Å². The minimum Gasteiger partial charge on any atom is -0.334 e. The van der Waals surface area contributed by atoms with E-state index in [4.69, 9.17) is 5.73 Å². The Kier molecular flexibility index (Phi) is 5.97. The fourth-order valence-corrected chi connectivity index (χ4v) is 5.11. The number of hydrogen-bond donors (Lipinski definition) is 1. The number of nitrogens with zero attached hydrogens (tertiary/aromatic N) is 1. The second-order valence-electron chi connectivity index (χ2n) is 7.19. The van der Waals surface area contributed by atoms with Crippen molar-refractivity contribution in [2.45, 2.75) is 36.5 Å². The van der Waals surface area contributed by atoms with Crippen molar-refractivity contribution < 1.29 is 13.2 Å². The molecule has 0 bridgehead atoms. The van der Waals surface area contributed by atoms with E-state index in [0.29, 0.717) is 30.1 Å². The van der Waals surface area contributed by atoms with Gasteiger partial charge in [-0.05, 0) is 48.6 Å². The highest BCUT2D eigenvalue weighted by molar-refractivity contribution is 7.90. The summed E-state index contributed by atoms with van der Waals surface area (Å²) in [7, 11) is -3.45. The monoisotopic (exact) mass is 386 g/mol. The molecular formula is C21H26N2O3S. The van der Waals surface area contributed by atoms with Crippen molar-refractivity contribution in [1.82, 2.24) is 4.90 Å². The van der Waals surface area contributed by atoms with Gasteiger partial charge in [0.15, 0.2) is 9.84 Å². The molecule has 1 fully saturated rings. The SMILES string of the molecule is CC1CCCN(C(=O)c2cccc(CS(=O)(=O)c3ccccc3)c2)C1CN. The fourth-order valence-electron chi connectivity index (χ4n) is 3.75. The summed E-state index contributed by atoms with van der Waals surface area (Å²) >= 11 is 0. The van der Waals surface area contributed by atoms with Crippen molar-refractivity contribution in [2.75, 3.05) is 13.1 Å². The number of sulfone groups is 1. The lowest BCUT2D eigenvalue weighted by Crippen LogP contribution is -2.51. The third-order valence-electron chi connectivity index (χ3n) is 5.25. The van der Waals surface area contributed by atoms with Crippen LogP contribution in [-0.4, -0.2) is 38.4 Å². The second kappa shape index (κ2) is 8.23. The minimum absolute atomic E-state index is 0.0305. The molecule has 1 aliphatic heterocycles. The van der Waals surface area contributed by atoms with Gasteiger partial charge in [-0.25, -0.2) is 8.42 Å². The van der Waals surface area contributed by atoms with Crippen LogP contribution < -0.4 is 5.73 Å². The predicted octanol–water partition coefficient (Wildman–Crippen LogP) is 2.86. The number of carbonyl (C=O) groups is 1. The van der Waals surface area contributed by atoms with Crippen LogP contribution >= 0.6 is 0 Å². The Balaban J connectivity index is 1.82. The lowest BCUT2D eigenvalue weighted by Gasteiger charge is -2.39. The van der Waals surface area contributed by atoms with Gasteiger partial charge in [0.05, 0.1) is 10.6 Å². The molecule has 27 heavy (non-hydrogen) atoms. The second-order valence-corrected chi connectivity index (χ2v) is 9.18. The molecule has 0 spiro atoms. The summed E-state index contributed by atoms with van der Waals surface area (Å²) in [6.07, 6.45) is 2.03. The van der Waals surface area contributed by atoms with E-state index in [1.165, 1.54) is 0 Å². The van der Waals surface area contributed by atoms with E-state index >= 15 is 0 Å². The highest BCUT2D eigenvalue weighted by Gasteiger charge is 2.31. The average molecular weight is 387 g/mol. The predicted molar refractivity (Wildman–Crippen MR) is 106 cm³/mol. The van der Waals surface area contributed by atoms with Crippen molar-refractivity contribution >= 4 is 15.7 Å². The van der Waals surface area contributed by atoms with Crippen LogP contribution in [0.4, 0.5) is 0 Å². The molecule has 0 radical (unpaired) electrons. The standard InChI is InChI=1S/C21H26N2O3S/c1-16-7-6-12-23(20(16)14-22)21(24)18-9-5-8-17(13-18)15-27(25,26)19-10-3-2-4-11-19/h2-5,8-11,13,16,20H,6-7,12,14-15,22H2,1H3. The van der Waals surface area contributed by atoms with Gasteiger partial charge in [0.1, 0.15) is 0 Å². The van der Waals surface area contributed by atoms with Crippen LogP contribution in [0, 0.1) is 5.92 Å². The summed E-state index contributed by atoms with van der Waals surface area (Å²) in [5.74, 6) is 0.166. The first-order chi connectivity index (χ1) is 12.9. The maximum atomic E-state index is 13.0. The number of piperidine rings is 1. The Morgan fingerprint density at radius 1 is 1.15 bits per heavy atom. The molecule has 0 saturated carbocycles. The largest absolute Gasteiger partial charge is 0.334 e. The summed E-state index contributed by atoms with van der Waals surface area (Å²) in [6.45, 7) is 3.26. The lowest BCUT2D eigenvalue weighted by molar-refractivity contribution is 0.0532. The van der Waals surface area contributed by atoms with E-state index < -0.39 is 9.84 Å². The Bertz CT molecular complexity index is 897. The smallest absolute Gasteiger partial charge is 0.254 e. The van der Waals surface area contributed by atoms with Crippen LogP contribution in [0.5, 0.6) is 0 Å². The van der Waals surface area contributed by atoms with Gasteiger partial charge in [-0.1, -0.05) is 37.3 Å². The summed E-state index contributed by atoms with van der Waals surface area (Å²) in [5.41, 5.74) is 7.03. The molecule has 6 heteroatoms. The maximum absolute atomic E-state index is 13.0. The Morgan fingerprint density at radius 2 is 1.89 bits per heavy atom. The number of amides is 1. The van der Waals surface area contributed by atoms with Gasteiger partial charge in [-0.15, -0.1) is 0 Å². The molecule has 144 valence electrons. The van der Waals surface area contributed by atoms with Gasteiger partial charge < -0.3 is 10.6 Å². The van der Waals surface area contributed by atoms with Crippen LogP contribution in [0.3, 0.4) is 0 Å². The van der Waals surface area contributed by atoms with E-state index in [1.807, 2.05) is 4.90 Å². The Labute approximate surface area is 161 Å². The van der Waals surface area contributed by atoms with Gasteiger partial charge in [-0.2, -0.15) is 0 Å². The molecule has 2 aromatic rings. The molecule has 5 nitrogen and oxygen atoms in total. The highest BCUT2D eigenvalue weighted by Crippen LogP contribution is 2.25. The third-order valence-corrected chi connectivity index (χ3v) is 6.95. The Hall–Kier alpha value is -2.18. The first-order valence-electron chi connectivity index (χ1n) is 9.30. The van der Waals surface area contributed by atoms with Crippen molar-refractivity contribution in [3.8, 4) is 0 Å². The quantitative estimate of drug-likeness (QED) is 0.857. The van der Waals surface area contributed by atoms with Crippen molar-refractivity contribution in [3.05, 3.63) is 65.7 Å². The summed E-state index contributed by atoms with van der Waals surface area (Å²) in [5, 5.41) is 0. The molecular weight excluding hydrogens is 360 g/mol. The fraction of sp³-hybridized carbons (Fsp3) is 0.381. The number of carbonyl (C=O) groups excluding carboxylic acids is 1. The number of hydrogen-bond acceptors (Lipinski definition) is 4. The molecule has 1 amide bonds. The molecule has 2 atom stereocenters. The zero-order valence-electron chi connectivity index (χ0n) is 15.5. The van der Waals surface area contributed by atoms with E-state index in [0.717, 1.165) is 12.8 Å².